The maximum Gasteiger partial charge on any atom is 0.252 e. The van der Waals surface area contributed by atoms with E-state index in [0.717, 1.165) is 11.4 Å². The summed E-state index contributed by atoms with van der Waals surface area (Å²) in [6.07, 6.45) is 0. The summed E-state index contributed by atoms with van der Waals surface area (Å²) in [6.45, 7) is 23.6. The fourth-order valence-corrected chi connectivity index (χ4v) is 13.9. The highest BCUT2D eigenvalue weighted by Crippen LogP contribution is 2.55. The molecule has 10 aromatic rings. The van der Waals surface area contributed by atoms with Crippen molar-refractivity contribution < 1.29 is 0 Å². The molecule has 2 aliphatic carbocycles. The number of anilines is 6. The highest BCUT2D eigenvalue weighted by Gasteiger charge is 2.45. The molecule has 4 aliphatic rings. The Hall–Kier alpha value is -8.14. The molecule has 0 spiro atoms. The summed E-state index contributed by atoms with van der Waals surface area (Å²) in [4.78, 5) is 5.16. The molecule has 2 heterocycles. The van der Waals surface area contributed by atoms with Gasteiger partial charge in [0.05, 0.1) is 5.69 Å². The van der Waals surface area contributed by atoms with Crippen molar-refractivity contribution in [3.63, 3.8) is 0 Å². The van der Waals surface area contributed by atoms with Crippen molar-refractivity contribution in [1.29, 1.82) is 0 Å². The Kier molecular flexibility index (Phi) is 10.3. The summed E-state index contributed by atoms with van der Waals surface area (Å²) < 4.78 is 0. The predicted molar refractivity (Wildman–Crippen MR) is 329 cm³/mol. The third-order valence-electron chi connectivity index (χ3n) is 18.0. The van der Waals surface area contributed by atoms with Crippen LogP contribution in [0.25, 0.3) is 55.6 Å². The fraction of sp³-hybridized carbons (Fsp3) is 0.189. The Balaban J connectivity index is 0.988. The summed E-state index contributed by atoms with van der Waals surface area (Å²) in [5, 5.41) is 0. The molecule has 0 saturated carbocycles. The third-order valence-corrected chi connectivity index (χ3v) is 18.0. The molecular weight excluding hydrogens is 928 g/mol. The molecule has 0 fully saturated rings. The second-order valence-corrected chi connectivity index (χ2v) is 25.3. The van der Waals surface area contributed by atoms with E-state index in [1.165, 1.54) is 128 Å². The summed E-state index contributed by atoms with van der Waals surface area (Å²) >= 11 is 0. The SMILES string of the molecule is CC(C)(C)c1ccc2c(c1)B1c3cc(C(C)(C)C)ccc3N(c3ccc(-c4cccc5c4-c4ccccc4C5(C)C)cc3-c3ccccc3)c3cccc(c31)N2c1ccc(-c2cccc3c2-c2ccccc2C3(C)C)cc1. The van der Waals surface area contributed by atoms with Gasteiger partial charge in [0.25, 0.3) is 6.71 Å². The Morgan fingerprint density at radius 1 is 0.325 bits per heavy atom. The van der Waals surface area contributed by atoms with Gasteiger partial charge in [-0.3, -0.25) is 0 Å². The van der Waals surface area contributed by atoms with Crippen LogP contribution in [0.3, 0.4) is 0 Å². The van der Waals surface area contributed by atoms with Gasteiger partial charge in [-0.15, -0.1) is 0 Å². The zero-order valence-corrected chi connectivity index (χ0v) is 46.2. The van der Waals surface area contributed by atoms with Crippen LogP contribution in [0.4, 0.5) is 34.1 Å². The lowest BCUT2D eigenvalue weighted by atomic mass is 9.33. The van der Waals surface area contributed by atoms with Crippen molar-refractivity contribution >= 4 is 57.2 Å². The first kappa shape index (κ1) is 47.3. The van der Waals surface area contributed by atoms with Crippen LogP contribution in [-0.4, -0.2) is 6.71 Å². The summed E-state index contributed by atoms with van der Waals surface area (Å²) in [7, 11) is 0. The average molecular weight is 993 g/mol. The minimum Gasteiger partial charge on any atom is -0.311 e. The van der Waals surface area contributed by atoms with E-state index in [1.807, 2.05) is 0 Å². The van der Waals surface area contributed by atoms with E-state index in [0.29, 0.717) is 0 Å². The van der Waals surface area contributed by atoms with Gasteiger partial charge in [0, 0.05) is 44.8 Å². The zero-order valence-electron chi connectivity index (χ0n) is 46.2. The first-order chi connectivity index (χ1) is 37.0. The summed E-state index contributed by atoms with van der Waals surface area (Å²) in [6, 6.07) is 81.3. The molecule has 0 unspecified atom stereocenters. The average Bonchev–Trinajstić information content (AvgIpc) is 3.98. The van der Waals surface area contributed by atoms with Gasteiger partial charge in [-0.2, -0.15) is 0 Å². The lowest BCUT2D eigenvalue weighted by Crippen LogP contribution is -2.61. The third kappa shape index (κ3) is 7.01. The van der Waals surface area contributed by atoms with Gasteiger partial charge < -0.3 is 9.80 Å². The van der Waals surface area contributed by atoms with E-state index in [1.54, 1.807) is 0 Å². The smallest absolute Gasteiger partial charge is 0.252 e. The molecule has 10 aromatic carbocycles. The van der Waals surface area contributed by atoms with Crippen molar-refractivity contribution in [2.75, 3.05) is 9.80 Å². The number of nitrogens with zero attached hydrogens (tertiary/aromatic N) is 2. The van der Waals surface area contributed by atoms with Crippen molar-refractivity contribution in [1.82, 2.24) is 0 Å². The highest BCUT2D eigenvalue weighted by molar-refractivity contribution is 7.00. The molecule has 14 rings (SSSR count). The maximum atomic E-state index is 2.60. The van der Waals surface area contributed by atoms with Gasteiger partial charge in [-0.05, 0) is 159 Å². The summed E-state index contributed by atoms with van der Waals surface area (Å²) in [5.74, 6) is 0. The van der Waals surface area contributed by atoms with E-state index in [4.69, 9.17) is 0 Å². The number of benzene rings is 10. The zero-order chi connectivity index (χ0) is 52.9. The standard InChI is InChI=1S/C74H65BN2/c1-71(2,3)49-36-41-64-61(44-49)75-62-45-50(72(4,5)6)37-42-65(62)77(63-40-35-48(43-56(63)46-21-12-11-13-22-46)53-26-19-30-60-69(53)55-24-15-17-28-58(55)74(60,9)10)67-32-20-31-66(70(67)75)76(64)51-38-33-47(34-39-51)52-25-18-29-59-68(52)54-23-14-16-27-57(54)73(59,7)8/h11-45H,1-10H3. The maximum absolute atomic E-state index is 2.60. The van der Waals surface area contributed by atoms with Crippen molar-refractivity contribution in [2.24, 2.45) is 0 Å². The molecule has 0 radical (unpaired) electrons. The van der Waals surface area contributed by atoms with Crippen molar-refractivity contribution in [3.05, 3.63) is 246 Å². The Morgan fingerprint density at radius 3 is 1.31 bits per heavy atom. The largest absolute Gasteiger partial charge is 0.311 e. The molecule has 77 heavy (non-hydrogen) atoms. The first-order valence-corrected chi connectivity index (χ1v) is 27.8. The minimum absolute atomic E-state index is 0.00678. The lowest BCUT2D eigenvalue weighted by Gasteiger charge is -2.45. The van der Waals surface area contributed by atoms with Gasteiger partial charge in [0.15, 0.2) is 0 Å². The molecule has 0 N–H and O–H groups in total. The first-order valence-electron chi connectivity index (χ1n) is 27.8. The predicted octanol–water partition coefficient (Wildman–Crippen LogP) is 18.0. The lowest BCUT2D eigenvalue weighted by molar-refractivity contribution is 0.590. The van der Waals surface area contributed by atoms with Crippen LogP contribution in [0, 0.1) is 0 Å². The molecule has 0 atom stereocenters. The van der Waals surface area contributed by atoms with E-state index in [2.05, 4.69) is 291 Å². The molecule has 2 nitrogen and oxygen atoms in total. The molecular formula is C74H65BN2. The molecule has 0 aromatic heterocycles. The fourth-order valence-electron chi connectivity index (χ4n) is 13.9. The quantitative estimate of drug-likeness (QED) is 0.159. The van der Waals surface area contributed by atoms with Crippen LogP contribution < -0.4 is 26.2 Å². The van der Waals surface area contributed by atoms with Crippen LogP contribution in [0.1, 0.15) is 103 Å². The van der Waals surface area contributed by atoms with Gasteiger partial charge in [0.1, 0.15) is 0 Å². The molecule has 2 aliphatic heterocycles. The van der Waals surface area contributed by atoms with E-state index < -0.39 is 0 Å². The van der Waals surface area contributed by atoms with E-state index >= 15 is 0 Å². The Bertz CT molecular complexity index is 4070. The van der Waals surface area contributed by atoms with Crippen LogP contribution in [0.5, 0.6) is 0 Å². The monoisotopic (exact) mass is 993 g/mol. The molecule has 0 bridgehead atoms. The van der Waals surface area contributed by atoms with Crippen molar-refractivity contribution in [3.8, 4) is 55.6 Å². The Morgan fingerprint density at radius 2 is 0.753 bits per heavy atom. The number of rotatable bonds is 5. The minimum atomic E-state index is -0.0923. The second kappa shape index (κ2) is 16.7. The van der Waals surface area contributed by atoms with E-state index in [9.17, 15) is 0 Å². The molecule has 0 amide bonds. The van der Waals surface area contributed by atoms with Crippen LogP contribution >= 0.6 is 0 Å². The van der Waals surface area contributed by atoms with Gasteiger partial charge in [-0.1, -0.05) is 233 Å². The number of hydrogen-bond acceptors (Lipinski definition) is 2. The van der Waals surface area contributed by atoms with Crippen LogP contribution in [0.2, 0.25) is 0 Å². The topological polar surface area (TPSA) is 6.48 Å². The normalized spacial score (nSPS) is 15.0. The van der Waals surface area contributed by atoms with Gasteiger partial charge >= 0.3 is 0 Å². The van der Waals surface area contributed by atoms with Crippen molar-refractivity contribution in [2.45, 2.75) is 90.9 Å². The van der Waals surface area contributed by atoms with E-state index in [-0.39, 0.29) is 28.4 Å². The molecule has 3 heteroatoms. The number of hydrogen-bond donors (Lipinski definition) is 0. The van der Waals surface area contributed by atoms with Crippen LogP contribution in [0.15, 0.2) is 212 Å². The molecule has 374 valence electrons. The van der Waals surface area contributed by atoms with Gasteiger partial charge in [0.2, 0.25) is 0 Å². The molecule has 0 saturated heterocycles. The summed E-state index contributed by atoms with van der Waals surface area (Å²) in [5.41, 5.74) is 31.9. The second-order valence-electron chi connectivity index (χ2n) is 25.3. The van der Waals surface area contributed by atoms with Gasteiger partial charge in [-0.25, -0.2) is 0 Å². The number of fused-ring (bicyclic) bond motifs is 10. The Labute approximate surface area is 456 Å². The highest BCUT2D eigenvalue weighted by atomic mass is 15.2. The van der Waals surface area contributed by atoms with Crippen LogP contribution in [-0.2, 0) is 21.7 Å².